The number of hydrogen-bond donors (Lipinski definition) is 2. The molecule has 0 unspecified atom stereocenters. The minimum absolute atomic E-state index is 0.340. The molecule has 178 valence electrons. The Labute approximate surface area is 199 Å². The molecule has 0 atom stereocenters. The van der Waals surface area contributed by atoms with Gasteiger partial charge in [0.05, 0.1) is 24.1 Å². The highest BCUT2D eigenvalue weighted by Crippen LogP contribution is 2.33. The molecular weight excluding hydrogens is 430 g/mol. The fourth-order valence-electron chi connectivity index (χ4n) is 3.69. The summed E-state index contributed by atoms with van der Waals surface area (Å²) in [5.41, 5.74) is 5.09. The quantitative estimate of drug-likeness (QED) is 0.392. The number of fused-ring (bicyclic) bond motifs is 1. The summed E-state index contributed by atoms with van der Waals surface area (Å²) >= 11 is 0. The van der Waals surface area contributed by atoms with E-state index in [-0.39, 0.29) is 5.60 Å². The maximum Gasteiger partial charge on any atom is 0.227 e. The Morgan fingerprint density at radius 3 is 2.56 bits per heavy atom. The van der Waals surface area contributed by atoms with Gasteiger partial charge in [0.1, 0.15) is 11.3 Å². The van der Waals surface area contributed by atoms with Crippen LogP contribution in [0.15, 0.2) is 36.7 Å². The van der Waals surface area contributed by atoms with Crippen molar-refractivity contribution in [3.05, 3.63) is 48.0 Å². The minimum atomic E-state index is -0.340. The topological polar surface area (TPSA) is 99.0 Å². The summed E-state index contributed by atoms with van der Waals surface area (Å²) in [6.07, 6.45) is 3.80. The van der Waals surface area contributed by atoms with Crippen molar-refractivity contribution in [2.45, 2.75) is 33.3 Å². The normalized spacial score (nSPS) is 11.6. The van der Waals surface area contributed by atoms with Crippen LogP contribution < -0.4 is 15.4 Å². The van der Waals surface area contributed by atoms with Gasteiger partial charge >= 0.3 is 0 Å². The summed E-state index contributed by atoms with van der Waals surface area (Å²) < 4.78 is 13.0. The maximum atomic E-state index is 5.66. The van der Waals surface area contributed by atoms with Crippen LogP contribution in [-0.4, -0.2) is 51.1 Å². The molecule has 9 nitrogen and oxygen atoms in total. The molecule has 9 heteroatoms. The Morgan fingerprint density at radius 2 is 1.88 bits per heavy atom. The molecule has 0 radical (unpaired) electrons. The van der Waals surface area contributed by atoms with Crippen LogP contribution in [-0.2, 0) is 11.8 Å². The monoisotopic (exact) mass is 461 g/mol. The Balaban J connectivity index is 1.66. The number of aryl methyl sites for hydroxylation is 3. The second-order valence-electron chi connectivity index (χ2n) is 8.90. The Kier molecular flexibility index (Phi) is 6.39. The fourth-order valence-corrected chi connectivity index (χ4v) is 3.69. The first-order chi connectivity index (χ1) is 16.2. The van der Waals surface area contributed by atoms with E-state index in [0.717, 1.165) is 39.1 Å². The Hall–Kier alpha value is -3.72. The third kappa shape index (κ3) is 4.94. The maximum absolute atomic E-state index is 5.66. The number of nitrogens with one attached hydrogen (secondary N) is 2. The molecule has 34 heavy (non-hydrogen) atoms. The van der Waals surface area contributed by atoms with Crippen molar-refractivity contribution in [1.82, 2.24) is 24.7 Å². The molecule has 0 bridgehead atoms. The summed E-state index contributed by atoms with van der Waals surface area (Å²) in [6, 6.07) is 7.94. The largest absolute Gasteiger partial charge is 0.495 e. The molecule has 0 spiro atoms. The number of anilines is 3. The zero-order chi connectivity index (χ0) is 24.5. The molecule has 0 fully saturated rings. The minimum Gasteiger partial charge on any atom is -0.495 e. The molecule has 1 aromatic carbocycles. The summed E-state index contributed by atoms with van der Waals surface area (Å²) in [5, 5.41) is 12.0. The van der Waals surface area contributed by atoms with Gasteiger partial charge < -0.3 is 20.1 Å². The average molecular weight is 462 g/mol. The van der Waals surface area contributed by atoms with Gasteiger partial charge in [0, 0.05) is 49.7 Å². The van der Waals surface area contributed by atoms with Crippen molar-refractivity contribution in [3.63, 3.8) is 0 Å². The van der Waals surface area contributed by atoms with Gasteiger partial charge in [-0.25, -0.2) is 15.0 Å². The van der Waals surface area contributed by atoms with E-state index in [2.05, 4.69) is 25.7 Å². The summed E-state index contributed by atoms with van der Waals surface area (Å²) in [4.78, 5) is 13.9. The van der Waals surface area contributed by atoms with Crippen LogP contribution in [0.5, 0.6) is 5.75 Å². The third-order valence-corrected chi connectivity index (χ3v) is 5.70. The molecule has 4 aromatic rings. The van der Waals surface area contributed by atoms with E-state index < -0.39 is 0 Å². The van der Waals surface area contributed by atoms with E-state index in [1.165, 1.54) is 0 Å². The van der Waals surface area contributed by atoms with Gasteiger partial charge in [-0.15, -0.1) is 0 Å². The van der Waals surface area contributed by atoms with E-state index in [9.17, 15) is 0 Å². The first-order valence-corrected chi connectivity index (χ1v) is 11.1. The lowest BCUT2D eigenvalue weighted by atomic mass is 10.1. The number of methoxy groups -OCH3 is 2. The van der Waals surface area contributed by atoms with Gasteiger partial charge in [0.15, 0.2) is 5.82 Å². The molecule has 2 N–H and O–H groups in total. The predicted molar refractivity (Wildman–Crippen MR) is 135 cm³/mol. The highest BCUT2D eigenvalue weighted by Gasteiger charge is 2.18. The van der Waals surface area contributed by atoms with Crippen LogP contribution in [0.1, 0.15) is 25.2 Å². The van der Waals surface area contributed by atoms with Gasteiger partial charge in [-0.05, 0) is 51.5 Å². The van der Waals surface area contributed by atoms with E-state index >= 15 is 0 Å². The van der Waals surface area contributed by atoms with Crippen molar-refractivity contribution in [3.8, 4) is 16.9 Å². The Bertz CT molecular complexity index is 1330. The lowest BCUT2D eigenvalue weighted by Gasteiger charge is -2.23. The smallest absolute Gasteiger partial charge is 0.227 e. The average Bonchev–Trinajstić information content (AvgIpc) is 3.15. The number of hydrogen-bond acceptors (Lipinski definition) is 8. The summed E-state index contributed by atoms with van der Waals surface area (Å²) in [7, 11) is 5.26. The van der Waals surface area contributed by atoms with Crippen LogP contribution in [0.4, 0.5) is 17.5 Å². The first kappa shape index (κ1) is 23.4. The summed E-state index contributed by atoms with van der Waals surface area (Å²) in [6.45, 7) is 8.57. The second kappa shape index (κ2) is 9.26. The molecule has 0 aliphatic rings. The Morgan fingerprint density at radius 1 is 1.09 bits per heavy atom. The predicted octanol–water partition coefficient (Wildman–Crippen LogP) is 4.63. The lowest BCUT2D eigenvalue weighted by Crippen LogP contribution is -2.32. The van der Waals surface area contributed by atoms with E-state index in [0.29, 0.717) is 24.1 Å². The second-order valence-corrected chi connectivity index (χ2v) is 8.90. The number of pyridine rings is 1. The molecule has 3 heterocycles. The number of rotatable bonds is 8. The van der Waals surface area contributed by atoms with Crippen molar-refractivity contribution in [2.75, 3.05) is 31.4 Å². The number of benzene rings is 1. The molecule has 0 aliphatic heterocycles. The van der Waals surface area contributed by atoms with Crippen molar-refractivity contribution < 1.29 is 9.47 Å². The zero-order valence-electron chi connectivity index (χ0n) is 20.7. The van der Waals surface area contributed by atoms with Crippen molar-refractivity contribution >= 4 is 28.4 Å². The van der Waals surface area contributed by atoms with Gasteiger partial charge in [-0.3, -0.25) is 4.68 Å². The van der Waals surface area contributed by atoms with Crippen LogP contribution in [0.2, 0.25) is 0 Å². The molecule has 0 aliphatic carbocycles. The number of nitrogens with zero attached hydrogens (tertiary/aromatic N) is 5. The van der Waals surface area contributed by atoms with Crippen LogP contribution in [0, 0.1) is 13.8 Å². The van der Waals surface area contributed by atoms with Crippen LogP contribution in [0.25, 0.3) is 22.0 Å². The van der Waals surface area contributed by atoms with Gasteiger partial charge in [0.25, 0.3) is 0 Å². The van der Waals surface area contributed by atoms with Crippen molar-refractivity contribution in [2.24, 2.45) is 7.05 Å². The number of aromatic nitrogens is 5. The SMILES string of the molecule is COc1cc(-c2cn(C)nc2C)ccc1Nc1ncc2cc(C)nc(NCC(C)(C)OC)c2n1. The van der Waals surface area contributed by atoms with Crippen LogP contribution in [0.3, 0.4) is 0 Å². The van der Waals surface area contributed by atoms with E-state index in [4.69, 9.17) is 14.5 Å². The first-order valence-electron chi connectivity index (χ1n) is 11.1. The highest BCUT2D eigenvalue weighted by molar-refractivity contribution is 5.89. The van der Waals surface area contributed by atoms with Gasteiger partial charge in [0.2, 0.25) is 5.95 Å². The van der Waals surface area contributed by atoms with Gasteiger partial charge in [-0.1, -0.05) is 6.07 Å². The molecule has 0 amide bonds. The molecule has 0 saturated carbocycles. The zero-order valence-corrected chi connectivity index (χ0v) is 20.7. The molecule has 4 rings (SSSR count). The van der Waals surface area contributed by atoms with Crippen molar-refractivity contribution in [1.29, 1.82) is 0 Å². The van der Waals surface area contributed by atoms with Gasteiger partial charge in [-0.2, -0.15) is 5.10 Å². The van der Waals surface area contributed by atoms with E-state index in [1.807, 2.05) is 65.2 Å². The van der Waals surface area contributed by atoms with Crippen LogP contribution >= 0.6 is 0 Å². The molecule has 3 aromatic heterocycles. The standard InChI is InChI=1S/C25H31N7O2/c1-15-10-18-12-26-24(30-22(18)23(28-15)27-14-25(3,4)34-7)29-20-9-8-17(11-21(20)33-6)19-13-32(5)31-16(19)2/h8-13H,14H2,1-7H3,(H,27,28)(H,26,29,30). The molecule has 0 saturated heterocycles. The highest BCUT2D eigenvalue weighted by atomic mass is 16.5. The number of ether oxygens (including phenoxy) is 2. The third-order valence-electron chi connectivity index (χ3n) is 5.70. The fraction of sp³-hybridized carbons (Fsp3) is 0.360. The van der Waals surface area contributed by atoms with E-state index in [1.54, 1.807) is 25.1 Å². The molecular formula is C25H31N7O2. The summed E-state index contributed by atoms with van der Waals surface area (Å²) in [5.74, 6) is 1.84. The lowest BCUT2D eigenvalue weighted by molar-refractivity contribution is 0.0343.